The number of carbonyl (C=O) groups excluding carboxylic acids is 1. The van der Waals surface area contributed by atoms with Crippen LogP contribution in [-0.2, 0) is 9.53 Å². The van der Waals surface area contributed by atoms with Gasteiger partial charge in [-0.25, -0.2) is 9.59 Å². The van der Waals surface area contributed by atoms with Crippen molar-refractivity contribution in [2.45, 2.75) is 18.6 Å². The fourth-order valence-electron chi connectivity index (χ4n) is 1.46. The van der Waals surface area contributed by atoms with E-state index in [0.29, 0.717) is 0 Å². The molecule has 0 aromatic rings. The molecule has 6 heteroatoms. The van der Waals surface area contributed by atoms with E-state index in [-0.39, 0.29) is 19.6 Å². The summed E-state index contributed by atoms with van der Waals surface area (Å²) >= 11 is 0. The highest BCUT2D eigenvalue weighted by Crippen LogP contribution is 2.18. The molecule has 0 aromatic carbocycles. The standard InChI is InChI=1S/C9H13NO5/c1-2-3-15-9(14)10-5-6(11)4-7(10)8(12)13/h2,6-7,11H,1,3-5H2,(H,12,13)/t6?,7-/m0/s1. The molecule has 84 valence electrons. The SMILES string of the molecule is C=CCOC(=O)N1CC(O)C[C@H]1C(=O)O. The van der Waals surface area contributed by atoms with Gasteiger partial charge in [0.2, 0.25) is 0 Å². The summed E-state index contributed by atoms with van der Waals surface area (Å²) in [4.78, 5) is 23.1. The molecule has 1 amide bonds. The molecule has 0 radical (unpaired) electrons. The molecule has 2 atom stereocenters. The Kier molecular flexibility index (Phi) is 3.68. The lowest BCUT2D eigenvalue weighted by atomic mass is 10.2. The van der Waals surface area contributed by atoms with E-state index in [1.807, 2.05) is 0 Å². The van der Waals surface area contributed by atoms with Gasteiger partial charge in [0.05, 0.1) is 12.6 Å². The smallest absolute Gasteiger partial charge is 0.410 e. The number of aliphatic carboxylic acids is 1. The fourth-order valence-corrected chi connectivity index (χ4v) is 1.46. The summed E-state index contributed by atoms with van der Waals surface area (Å²) in [5.41, 5.74) is 0. The molecule has 6 nitrogen and oxygen atoms in total. The Morgan fingerprint density at radius 2 is 2.27 bits per heavy atom. The molecule has 1 rings (SSSR count). The summed E-state index contributed by atoms with van der Waals surface area (Å²) in [6, 6.07) is -1.00. The first-order chi connectivity index (χ1) is 7.06. The number of rotatable bonds is 3. The lowest BCUT2D eigenvalue weighted by molar-refractivity contribution is -0.141. The van der Waals surface area contributed by atoms with Crippen molar-refractivity contribution in [3.63, 3.8) is 0 Å². The molecule has 15 heavy (non-hydrogen) atoms. The molecule has 1 aliphatic heterocycles. The van der Waals surface area contributed by atoms with Crippen LogP contribution in [0.5, 0.6) is 0 Å². The Bertz CT molecular complexity index is 278. The van der Waals surface area contributed by atoms with Gasteiger partial charge in [-0.3, -0.25) is 4.90 Å². The number of β-amino-alcohol motifs (C(OH)–C–C–N with tert-alkyl or cyclic N) is 1. The number of carboxylic acid groups (broad SMARTS) is 1. The Morgan fingerprint density at radius 3 is 2.80 bits per heavy atom. The first-order valence-electron chi connectivity index (χ1n) is 4.51. The average Bonchev–Trinajstić information content (AvgIpc) is 2.57. The monoisotopic (exact) mass is 215 g/mol. The van der Waals surface area contributed by atoms with Crippen LogP contribution in [0.2, 0.25) is 0 Å². The lowest BCUT2D eigenvalue weighted by Crippen LogP contribution is -2.40. The third kappa shape index (κ3) is 2.69. The van der Waals surface area contributed by atoms with Gasteiger partial charge in [0, 0.05) is 6.42 Å². The maximum atomic E-state index is 11.3. The van der Waals surface area contributed by atoms with E-state index in [0.717, 1.165) is 4.90 Å². The quantitative estimate of drug-likeness (QED) is 0.638. The zero-order valence-electron chi connectivity index (χ0n) is 8.13. The molecule has 1 heterocycles. The van der Waals surface area contributed by atoms with Crippen LogP contribution in [0.4, 0.5) is 4.79 Å². The first kappa shape index (κ1) is 11.5. The highest BCUT2D eigenvalue weighted by atomic mass is 16.6. The number of likely N-dealkylation sites (tertiary alicyclic amines) is 1. The summed E-state index contributed by atoms with van der Waals surface area (Å²) in [6.07, 6.45) is -0.111. The zero-order chi connectivity index (χ0) is 11.4. The second kappa shape index (κ2) is 4.79. The van der Waals surface area contributed by atoms with Crippen molar-refractivity contribution in [1.29, 1.82) is 0 Å². The maximum absolute atomic E-state index is 11.3. The van der Waals surface area contributed by atoms with Gasteiger partial charge in [0.25, 0.3) is 0 Å². The Labute approximate surface area is 86.7 Å². The molecule has 1 aliphatic rings. The normalized spacial score (nSPS) is 25.0. The summed E-state index contributed by atoms with van der Waals surface area (Å²) < 4.78 is 4.70. The molecule has 0 bridgehead atoms. The van der Waals surface area contributed by atoms with Gasteiger partial charge in [0.1, 0.15) is 12.6 Å². The minimum absolute atomic E-state index is 0.00700. The van der Waals surface area contributed by atoms with E-state index < -0.39 is 24.2 Å². The highest BCUT2D eigenvalue weighted by Gasteiger charge is 2.39. The number of nitrogens with zero attached hydrogens (tertiary/aromatic N) is 1. The minimum atomic E-state index is -1.14. The van der Waals surface area contributed by atoms with Crippen LogP contribution >= 0.6 is 0 Å². The number of hydrogen-bond acceptors (Lipinski definition) is 4. The van der Waals surface area contributed by atoms with Gasteiger partial charge in [-0.1, -0.05) is 12.7 Å². The van der Waals surface area contributed by atoms with Crippen molar-refractivity contribution in [1.82, 2.24) is 4.90 Å². The molecule has 1 unspecified atom stereocenters. The molecule has 2 N–H and O–H groups in total. The number of ether oxygens (including phenoxy) is 1. The lowest BCUT2D eigenvalue weighted by Gasteiger charge is -2.19. The van der Waals surface area contributed by atoms with E-state index >= 15 is 0 Å². The Balaban J connectivity index is 2.62. The van der Waals surface area contributed by atoms with Crippen LogP contribution in [0.25, 0.3) is 0 Å². The summed E-state index contributed by atoms with van der Waals surface area (Å²) in [6.45, 7) is 3.39. The van der Waals surface area contributed by atoms with Crippen LogP contribution in [-0.4, -0.2) is 52.5 Å². The van der Waals surface area contributed by atoms with E-state index in [4.69, 9.17) is 9.84 Å². The van der Waals surface area contributed by atoms with Crippen molar-refractivity contribution in [2.24, 2.45) is 0 Å². The molecule has 0 aromatic heterocycles. The number of aliphatic hydroxyl groups excluding tert-OH is 1. The molecule has 0 saturated carbocycles. The van der Waals surface area contributed by atoms with Crippen LogP contribution in [0, 0.1) is 0 Å². The second-order valence-corrected chi connectivity index (χ2v) is 3.26. The van der Waals surface area contributed by atoms with Crippen LogP contribution in [0.3, 0.4) is 0 Å². The highest BCUT2D eigenvalue weighted by molar-refractivity contribution is 5.80. The Morgan fingerprint density at radius 1 is 1.60 bits per heavy atom. The van der Waals surface area contributed by atoms with Gasteiger partial charge in [-0.2, -0.15) is 0 Å². The van der Waals surface area contributed by atoms with Gasteiger partial charge in [-0.15, -0.1) is 0 Å². The number of aliphatic hydroxyl groups is 1. The van der Waals surface area contributed by atoms with Crippen molar-refractivity contribution < 1.29 is 24.5 Å². The molecule has 0 spiro atoms. The van der Waals surface area contributed by atoms with Crippen molar-refractivity contribution in [2.75, 3.05) is 13.2 Å². The minimum Gasteiger partial charge on any atom is -0.480 e. The van der Waals surface area contributed by atoms with Crippen molar-refractivity contribution in [3.05, 3.63) is 12.7 Å². The average molecular weight is 215 g/mol. The van der Waals surface area contributed by atoms with Crippen molar-refractivity contribution in [3.8, 4) is 0 Å². The van der Waals surface area contributed by atoms with Gasteiger partial charge >= 0.3 is 12.1 Å². The summed E-state index contributed by atoms with van der Waals surface area (Å²) in [5.74, 6) is -1.14. The van der Waals surface area contributed by atoms with Crippen LogP contribution in [0.1, 0.15) is 6.42 Å². The number of carboxylic acids is 1. The Hall–Kier alpha value is -1.56. The van der Waals surface area contributed by atoms with E-state index in [2.05, 4.69) is 6.58 Å². The van der Waals surface area contributed by atoms with Crippen molar-refractivity contribution >= 4 is 12.1 Å². The molecular formula is C9H13NO5. The summed E-state index contributed by atoms with van der Waals surface area (Å²) in [7, 11) is 0. The topological polar surface area (TPSA) is 87.1 Å². The molecule has 0 aliphatic carbocycles. The second-order valence-electron chi connectivity index (χ2n) is 3.26. The number of carbonyl (C=O) groups is 2. The van der Waals surface area contributed by atoms with Gasteiger partial charge < -0.3 is 14.9 Å². The maximum Gasteiger partial charge on any atom is 0.410 e. The largest absolute Gasteiger partial charge is 0.480 e. The zero-order valence-corrected chi connectivity index (χ0v) is 8.13. The third-order valence-electron chi connectivity index (χ3n) is 2.12. The summed E-state index contributed by atoms with van der Waals surface area (Å²) in [5, 5.41) is 18.1. The van der Waals surface area contributed by atoms with Gasteiger partial charge in [0.15, 0.2) is 0 Å². The van der Waals surface area contributed by atoms with E-state index in [1.165, 1.54) is 6.08 Å². The van der Waals surface area contributed by atoms with Gasteiger partial charge in [-0.05, 0) is 0 Å². The van der Waals surface area contributed by atoms with Crippen LogP contribution < -0.4 is 0 Å². The van der Waals surface area contributed by atoms with E-state index in [1.54, 1.807) is 0 Å². The third-order valence-corrected chi connectivity index (χ3v) is 2.12. The number of hydrogen-bond donors (Lipinski definition) is 2. The first-order valence-corrected chi connectivity index (χ1v) is 4.51. The predicted molar refractivity (Wildman–Crippen MR) is 50.3 cm³/mol. The van der Waals surface area contributed by atoms with E-state index in [9.17, 15) is 14.7 Å². The molecule has 1 fully saturated rings. The fraction of sp³-hybridized carbons (Fsp3) is 0.556. The molecular weight excluding hydrogens is 202 g/mol. The molecule has 1 saturated heterocycles. The van der Waals surface area contributed by atoms with Crippen LogP contribution in [0.15, 0.2) is 12.7 Å². The number of amides is 1. The predicted octanol–water partition coefficient (Wildman–Crippen LogP) is -0.171.